The van der Waals surface area contributed by atoms with E-state index in [1.165, 1.54) is 5.56 Å². The second-order valence-electron chi connectivity index (χ2n) is 4.16. The van der Waals surface area contributed by atoms with Gasteiger partial charge in [-0.25, -0.2) is 0 Å². The van der Waals surface area contributed by atoms with Gasteiger partial charge in [-0.05, 0) is 37.0 Å². The molecule has 1 heterocycles. The molecule has 1 aromatic carbocycles. The summed E-state index contributed by atoms with van der Waals surface area (Å²) in [5, 5.41) is 12.0. The highest BCUT2D eigenvalue weighted by atomic mass is 79.9. The van der Waals surface area contributed by atoms with E-state index in [1.807, 2.05) is 12.1 Å². The van der Waals surface area contributed by atoms with Gasteiger partial charge in [-0.2, -0.15) is 0 Å². The number of hydrogen-bond acceptors (Lipinski definition) is 2. The van der Waals surface area contributed by atoms with Crippen molar-refractivity contribution in [2.24, 2.45) is 0 Å². The van der Waals surface area contributed by atoms with Gasteiger partial charge in [0, 0.05) is 10.5 Å². The molecule has 0 amide bonds. The second kappa shape index (κ2) is 4.97. The Hall–Kier alpha value is -0.870. The predicted octanol–water partition coefficient (Wildman–Crippen LogP) is 2.20. The fourth-order valence-electron chi connectivity index (χ4n) is 2.08. The maximum Gasteiger partial charge on any atom is 0.320 e. The van der Waals surface area contributed by atoms with Crippen molar-refractivity contribution in [3.05, 3.63) is 34.3 Å². The molecule has 2 atom stereocenters. The monoisotopic (exact) mass is 283 g/mol. The van der Waals surface area contributed by atoms with Gasteiger partial charge in [-0.15, -0.1) is 0 Å². The van der Waals surface area contributed by atoms with Crippen molar-refractivity contribution in [1.29, 1.82) is 0 Å². The summed E-state index contributed by atoms with van der Waals surface area (Å²) in [5.74, 6) is -0.738. The number of rotatable bonds is 3. The number of benzene rings is 1. The summed E-state index contributed by atoms with van der Waals surface area (Å²) in [6.07, 6.45) is 2.57. The average molecular weight is 284 g/mol. The minimum absolute atomic E-state index is 0.294. The molecule has 86 valence electrons. The third kappa shape index (κ3) is 2.83. The minimum Gasteiger partial charge on any atom is -0.480 e. The highest BCUT2D eigenvalue weighted by molar-refractivity contribution is 9.10. The Morgan fingerprint density at radius 1 is 1.38 bits per heavy atom. The fraction of sp³-hybridized carbons (Fsp3) is 0.417. The van der Waals surface area contributed by atoms with Gasteiger partial charge in [0.15, 0.2) is 0 Å². The molecule has 2 rings (SSSR count). The summed E-state index contributed by atoms with van der Waals surface area (Å²) >= 11 is 3.39. The lowest BCUT2D eigenvalue weighted by atomic mass is 10.0. The van der Waals surface area contributed by atoms with Crippen LogP contribution in [0.2, 0.25) is 0 Å². The van der Waals surface area contributed by atoms with Crippen molar-refractivity contribution in [2.75, 3.05) is 0 Å². The van der Waals surface area contributed by atoms with Gasteiger partial charge in [-0.3, -0.25) is 4.79 Å². The molecule has 4 heteroatoms. The quantitative estimate of drug-likeness (QED) is 0.894. The molecule has 1 aliphatic heterocycles. The number of hydrogen-bond donors (Lipinski definition) is 2. The van der Waals surface area contributed by atoms with Gasteiger partial charge >= 0.3 is 5.97 Å². The van der Waals surface area contributed by atoms with Gasteiger partial charge in [0.2, 0.25) is 0 Å². The lowest BCUT2D eigenvalue weighted by Gasteiger charge is -2.11. The topological polar surface area (TPSA) is 49.3 Å². The predicted molar refractivity (Wildman–Crippen MR) is 65.4 cm³/mol. The molecule has 0 aromatic heterocycles. The van der Waals surface area contributed by atoms with Gasteiger partial charge in [-0.1, -0.05) is 28.1 Å². The number of aliphatic carboxylic acids is 1. The first-order valence-corrected chi connectivity index (χ1v) is 6.18. The van der Waals surface area contributed by atoms with Gasteiger partial charge in [0.1, 0.15) is 6.04 Å². The number of carboxylic acids is 1. The molecular weight excluding hydrogens is 270 g/mol. The van der Waals surface area contributed by atoms with Crippen molar-refractivity contribution in [2.45, 2.75) is 31.3 Å². The molecule has 2 unspecified atom stereocenters. The van der Waals surface area contributed by atoms with Crippen LogP contribution < -0.4 is 5.32 Å². The molecule has 1 aromatic rings. The van der Waals surface area contributed by atoms with Crippen LogP contribution in [0.5, 0.6) is 0 Å². The van der Waals surface area contributed by atoms with Crippen molar-refractivity contribution < 1.29 is 9.90 Å². The maximum atomic E-state index is 10.8. The van der Waals surface area contributed by atoms with Crippen LogP contribution in [0, 0.1) is 0 Å². The summed E-state index contributed by atoms with van der Waals surface area (Å²) in [5.41, 5.74) is 1.24. The number of nitrogens with one attached hydrogen (secondary N) is 1. The zero-order valence-corrected chi connectivity index (χ0v) is 10.4. The first-order chi connectivity index (χ1) is 7.65. The van der Waals surface area contributed by atoms with E-state index in [-0.39, 0.29) is 6.04 Å². The Morgan fingerprint density at radius 2 is 2.06 bits per heavy atom. The SMILES string of the molecule is O=C(O)C1CCC(Cc2ccc(Br)cc2)N1. The smallest absolute Gasteiger partial charge is 0.320 e. The Balaban J connectivity index is 1.92. The average Bonchev–Trinajstić information content (AvgIpc) is 2.70. The van der Waals surface area contributed by atoms with Crippen LogP contribution in [0.25, 0.3) is 0 Å². The Morgan fingerprint density at radius 3 is 2.62 bits per heavy atom. The zero-order chi connectivity index (χ0) is 11.5. The largest absolute Gasteiger partial charge is 0.480 e. The van der Waals surface area contributed by atoms with E-state index in [0.717, 1.165) is 23.7 Å². The van der Waals surface area contributed by atoms with Gasteiger partial charge < -0.3 is 10.4 Å². The molecule has 0 spiro atoms. The highest BCUT2D eigenvalue weighted by Crippen LogP contribution is 2.18. The van der Waals surface area contributed by atoms with E-state index in [4.69, 9.17) is 5.11 Å². The first-order valence-electron chi connectivity index (χ1n) is 5.38. The first kappa shape index (κ1) is 11.6. The Kier molecular flexibility index (Phi) is 3.61. The molecule has 0 bridgehead atoms. The van der Waals surface area contributed by atoms with Crippen LogP contribution in [-0.2, 0) is 11.2 Å². The number of carbonyl (C=O) groups is 1. The summed E-state index contributed by atoms with van der Waals surface area (Å²) < 4.78 is 1.07. The lowest BCUT2D eigenvalue weighted by Crippen LogP contribution is -2.36. The third-order valence-corrected chi connectivity index (χ3v) is 3.46. The van der Waals surface area contributed by atoms with E-state index >= 15 is 0 Å². The van der Waals surface area contributed by atoms with E-state index in [2.05, 4.69) is 33.4 Å². The van der Waals surface area contributed by atoms with Crippen LogP contribution in [-0.4, -0.2) is 23.2 Å². The molecule has 0 saturated carbocycles. The maximum absolute atomic E-state index is 10.8. The van der Waals surface area contributed by atoms with E-state index in [1.54, 1.807) is 0 Å². The molecular formula is C12H14BrNO2. The molecule has 0 radical (unpaired) electrons. The van der Waals surface area contributed by atoms with Crippen molar-refractivity contribution in [1.82, 2.24) is 5.32 Å². The zero-order valence-electron chi connectivity index (χ0n) is 8.82. The van der Waals surface area contributed by atoms with E-state index in [9.17, 15) is 4.79 Å². The molecule has 1 fully saturated rings. The second-order valence-corrected chi connectivity index (χ2v) is 5.08. The van der Waals surface area contributed by atoms with Gasteiger partial charge in [0.05, 0.1) is 0 Å². The van der Waals surface area contributed by atoms with Crippen LogP contribution >= 0.6 is 15.9 Å². The highest BCUT2D eigenvalue weighted by Gasteiger charge is 2.28. The summed E-state index contributed by atoms with van der Waals surface area (Å²) in [6.45, 7) is 0. The Labute approximate surface area is 103 Å². The molecule has 2 N–H and O–H groups in total. The fourth-order valence-corrected chi connectivity index (χ4v) is 2.34. The van der Waals surface area contributed by atoms with Crippen LogP contribution in [0.1, 0.15) is 18.4 Å². The molecule has 1 saturated heterocycles. The van der Waals surface area contributed by atoms with Crippen LogP contribution in [0.15, 0.2) is 28.7 Å². The summed E-state index contributed by atoms with van der Waals surface area (Å²) in [6, 6.07) is 8.10. The van der Waals surface area contributed by atoms with Crippen molar-refractivity contribution >= 4 is 21.9 Å². The molecule has 3 nitrogen and oxygen atoms in total. The summed E-state index contributed by atoms with van der Waals surface area (Å²) in [7, 11) is 0. The third-order valence-electron chi connectivity index (χ3n) is 2.93. The number of carboxylic acid groups (broad SMARTS) is 1. The van der Waals surface area contributed by atoms with Crippen molar-refractivity contribution in [3.63, 3.8) is 0 Å². The standard InChI is InChI=1S/C12H14BrNO2/c13-9-3-1-8(2-4-9)7-10-5-6-11(14-10)12(15)16/h1-4,10-11,14H,5-7H2,(H,15,16). The van der Waals surface area contributed by atoms with Crippen LogP contribution in [0.3, 0.4) is 0 Å². The van der Waals surface area contributed by atoms with E-state index in [0.29, 0.717) is 6.04 Å². The van der Waals surface area contributed by atoms with Crippen LogP contribution in [0.4, 0.5) is 0 Å². The lowest BCUT2D eigenvalue weighted by molar-refractivity contribution is -0.139. The normalized spacial score (nSPS) is 24.6. The molecule has 16 heavy (non-hydrogen) atoms. The van der Waals surface area contributed by atoms with Gasteiger partial charge in [0.25, 0.3) is 0 Å². The minimum atomic E-state index is -0.738. The number of halogens is 1. The summed E-state index contributed by atoms with van der Waals surface area (Å²) in [4.78, 5) is 10.8. The van der Waals surface area contributed by atoms with Crippen molar-refractivity contribution in [3.8, 4) is 0 Å². The Bertz CT molecular complexity index is 377. The van der Waals surface area contributed by atoms with E-state index < -0.39 is 5.97 Å². The molecule has 0 aliphatic carbocycles. The molecule has 1 aliphatic rings.